The highest BCUT2D eigenvalue weighted by Gasteiger charge is 2.14. The first kappa shape index (κ1) is 16.4. The quantitative estimate of drug-likeness (QED) is 0.491. The van der Waals surface area contributed by atoms with Crippen LogP contribution >= 0.6 is 34.7 Å². The number of halogens is 1. The number of hydrogen-bond donors (Lipinski definition) is 0. The lowest BCUT2D eigenvalue weighted by Gasteiger charge is -2.07. The molecule has 4 aromatic rings. The summed E-state index contributed by atoms with van der Waals surface area (Å²) in [7, 11) is 1.92. The SMILES string of the molecule is Cn1c(COc2ccccc2Cl)nnc1Sc1nc2ccccc2s1. The van der Waals surface area contributed by atoms with Crippen LogP contribution in [-0.2, 0) is 13.7 Å². The first-order valence-corrected chi connectivity index (χ1v) is 9.51. The van der Waals surface area contributed by atoms with Crippen LogP contribution in [0.2, 0.25) is 5.02 Å². The Morgan fingerprint density at radius 1 is 1.12 bits per heavy atom. The third kappa shape index (κ3) is 3.49. The van der Waals surface area contributed by atoms with Gasteiger partial charge in [-0.3, -0.25) is 0 Å². The summed E-state index contributed by atoms with van der Waals surface area (Å²) in [6, 6.07) is 15.4. The van der Waals surface area contributed by atoms with E-state index in [2.05, 4.69) is 21.2 Å². The highest BCUT2D eigenvalue weighted by molar-refractivity contribution is 8.01. The van der Waals surface area contributed by atoms with Crippen molar-refractivity contribution in [1.82, 2.24) is 19.7 Å². The van der Waals surface area contributed by atoms with E-state index in [0.29, 0.717) is 17.4 Å². The van der Waals surface area contributed by atoms with Crippen LogP contribution in [0.25, 0.3) is 10.2 Å². The molecule has 0 unspecified atom stereocenters. The Balaban J connectivity index is 1.50. The predicted octanol–water partition coefficient (Wildman–Crippen LogP) is 4.81. The van der Waals surface area contributed by atoms with Crippen LogP contribution in [0, 0.1) is 0 Å². The standard InChI is InChI=1S/C17H13ClN4OS2/c1-22-15(10-23-13-8-4-2-6-11(13)18)20-21-16(22)25-17-19-12-7-3-5-9-14(12)24-17/h2-9H,10H2,1H3. The minimum Gasteiger partial charge on any atom is -0.484 e. The van der Waals surface area contributed by atoms with Crippen molar-refractivity contribution in [1.29, 1.82) is 0 Å². The Morgan fingerprint density at radius 3 is 2.76 bits per heavy atom. The Morgan fingerprint density at radius 2 is 1.92 bits per heavy atom. The van der Waals surface area contributed by atoms with Crippen LogP contribution in [0.3, 0.4) is 0 Å². The molecule has 0 amide bonds. The van der Waals surface area contributed by atoms with Crippen molar-refractivity contribution < 1.29 is 4.74 Å². The third-order valence-corrected chi connectivity index (χ3v) is 6.02. The lowest BCUT2D eigenvalue weighted by molar-refractivity contribution is 0.290. The molecule has 2 heterocycles. The molecule has 0 bridgehead atoms. The first-order chi connectivity index (χ1) is 12.2. The molecule has 0 aliphatic carbocycles. The Kier molecular flexibility index (Phi) is 4.61. The molecule has 0 aliphatic rings. The van der Waals surface area contributed by atoms with Crippen LogP contribution in [0.15, 0.2) is 58.0 Å². The van der Waals surface area contributed by atoms with E-state index in [-0.39, 0.29) is 0 Å². The Labute approximate surface area is 157 Å². The molecule has 8 heteroatoms. The smallest absolute Gasteiger partial charge is 0.198 e. The maximum Gasteiger partial charge on any atom is 0.198 e. The molecule has 2 aromatic carbocycles. The minimum absolute atomic E-state index is 0.299. The number of benzene rings is 2. The van der Waals surface area contributed by atoms with Crippen LogP contribution in [0.5, 0.6) is 5.75 Å². The van der Waals surface area contributed by atoms with E-state index in [4.69, 9.17) is 16.3 Å². The van der Waals surface area contributed by atoms with E-state index in [0.717, 1.165) is 25.5 Å². The second-order valence-electron chi connectivity index (χ2n) is 5.23. The van der Waals surface area contributed by atoms with Gasteiger partial charge in [-0.1, -0.05) is 35.9 Å². The fraction of sp³-hybridized carbons (Fsp3) is 0.118. The maximum absolute atomic E-state index is 6.10. The van der Waals surface area contributed by atoms with Crippen molar-refractivity contribution in [2.24, 2.45) is 7.05 Å². The van der Waals surface area contributed by atoms with Crippen LogP contribution in [-0.4, -0.2) is 19.7 Å². The second kappa shape index (κ2) is 7.03. The predicted molar refractivity (Wildman–Crippen MR) is 101 cm³/mol. The fourth-order valence-electron chi connectivity index (χ4n) is 2.24. The number of fused-ring (bicyclic) bond motifs is 1. The van der Waals surface area contributed by atoms with E-state index in [1.54, 1.807) is 17.4 Å². The van der Waals surface area contributed by atoms with Crippen molar-refractivity contribution in [3.8, 4) is 5.75 Å². The number of aromatic nitrogens is 4. The van der Waals surface area contributed by atoms with Crippen LogP contribution in [0.4, 0.5) is 0 Å². The average molecular weight is 389 g/mol. The van der Waals surface area contributed by atoms with Crippen LogP contribution < -0.4 is 4.74 Å². The highest BCUT2D eigenvalue weighted by atomic mass is 35.5. The molecule has 5 nitrogen and oxygen atoms in total. The molecule has 0 radical (unpaired) electrons. The third-order valence-electron chi connectivity index (χ3n) is 3.57. The van der Waals surface area contributed by atoms with Gasteiger partial charge >= 0.3 is 0 Å². The molecule has 126 valence electrons. The zero-order valence-corrected chi connectivity index (χ0v) is 15.6. The summed E-state index contributed by atoms with van der Waals surface area (Å²) in [4.78, 5) is 4.62. The molecule has 25 heavy (non-hydrogen) atoms. The zero-order chi connectivity index (χ0) is 17.2. The number of ether oxygens (including phenoxy) is 1. The van der Waals surface area contributed by atoms with Gasteiger partial charge in [0.05, 0.1) is 15.2 Å². The number of rotatable bonds is 5. The number of nitrogens with zero attached hydrogens (tertiary/aromatic N) is 4. The van der Waals surface area contributed by atoms with E-state index < -0.39 is 0 Å². The van der Waals surface area contributed by atoms with Gasteiger partial charge in [-0.2, -0.15) is 0 Å². The maximum atomic E-state index is 6.10. The van der Waals surface area contributed by atoms with E-state index in [9.17, 15) is 0 Å². The topological polar surface area (TPSA) is 52.8 Å². The van der Waals surface area contributed by atoms with Gasteiger partial charge in [0.2, 0.25) is 0 Å². The Hall–Kier alpha value is -2.09. The molecule has 0 aliphatic heterocycles. The lowest BCUT2D eigenvalue weighted by Crippen LogP contribution is -2.04. The molecule has 0 saturated heterocycles. The molecule has 0 fully saturated rings. The van der Waals surface area contributed by atoms with Gasteiger partial charge in [0.15, 0.2) is 15.3 Å². The molecule has 2 aromatic heterocycles. The van der Waals surface area contributed by atoms with Gasteiger partial charge in [-0.25, -0.2) is 4.98 Å². The number of hydrogen-bond acceptors (Lipinski definition) is 6. The lowest BCUT2D eigenvalue weighted by atomic mass is 10.3. The van der Waals surface area contributed by atoms with Crippen molar-refractivity contribution in [3.05, 3.63) is 59.4 Å². The second-order valence-corrected chi connectivity index (χ2v) is 7.88. The van der Waals surface area contributed by atoms with Crippen LogP contribution in [0.1, 0.15) is 5.82 Å². The van der Waals surface area contributed by atoms with Gasteiger partial charge < -0.3 is 9.30 Å². The van der Waals surface area contributed by atoms with Crippen molar-refractivity contribution in [2.45, 2.75) is 16.1 Å². The summed E-state index contributed by atoms with van der Waals surface area (Å²) < 4.78 is 9.75. The summed E-state index contributed by atoms with van der Waals surface area (Å²) in [5.74, 6) is 1.36. The average Bonchev–Trinajstić information content (AvgIpc) is 3.18. The molecular formula is C17H13ClN4OS2. The van der Waals surface area contributed by atoms with Crippen molar-refractivity contribution in [3.63, 3.8) is 0 Å². The molecule has 0 spiro atoms. The monoisotopic (exact) mass is 388 g/mol. The molecule has 0 N–H and O–H groups in total. The highest BCUT2D eigenvalue weighted by Crippen LogP contribution is 2.33. The normalized spacial score (nSPS) is 11.1. The van der Waals surface area contributed by atoms with E-state index >= 15 is 0 Å². The van der Waals surface area contributed by atoms with Gasteiger partial charge in [0, 0.05) is 7.05 Å². The molecule has 4 rings (SSSR count). The van der Waals surface area contributed by atoms with E-state index in [1.807, 2.05) is 48.0 Å². The van der Waals surface area contributed by atoms with E-state index in [1.165, 1.54) is 11.8 Å². The van der Waals surface area contributed by atoms with Crippen molar-refractivity contribution in [2.75, 3.05) is 0 Å². The summed E-state index contributed by atoms with van der Waals surface area (Å²) in [5, 5.41) is 9.81. The van der Waals surface area contributed by atoms with Gasteiger partial charge in [0.1, 0.15) is 12.4 Å². The summed E-state index contributed by atoms with van der Waals surface area (Å²) in [5.41, 5.74) is 0.999. The molecule has 0 saturated carbocycles. The largest absolute Gasteiger partial charge is 0.484 e. The van der Waals surface area contributed by atoms with Gasteiger partial charge in [-0.05, 0) is 36.0 Å². The summed E-state index contributed by atoms with van der Waals surface area (Å²) >= 11 is 9.25. The number of thiazole rings is 1. The number of para-hydroxylation sites is 2. The summed E-state index contributed by atoms with van der Waals surface area (Å²) in [6.07, 6.45) is 0. The molecular weight excluding hydrogens is 376 g/mol. The first-order valence-electron chi connectivity index (χ1n) is 7.50. The minimum atomic E-state index is 0.299. The zero-order valence-electron chi connectivity index (χ0n) is 13.2. The van der Waals surface area contributed by atoms with Gasteiger partial charge in [0.25, 0.3) is 0 Å². The van der Waals surface area contributed by atoms with Gasteiger partial charge in [-0.15, -0.1) is 21.5 Å². The van der Waals surface area contributed by atoms with Crippen molar-refractivity contribution >= 4 is 44.9 Å². The Bertz CT molecular complexity index is 997. The molecule has 0 atom stereocenters. The fourth-order valence-corrected chi connectivity index (χ4v) is 4.41. The summed E-state index contributed by atoms with van der Waals surface area (Å²) in [6.45, 7) is 0.299.